The Morgan fingerprint density at radius 1 is 1.00 bits per heavy atom. The highest BCUT2D eigenvalue weighted by Crippen LogP contribution is 2.21. The van der Waals surface area contributed by atoms with Gasteiger partial charge in [-0.15, -0.1) is 11.8 Å². The molecule has 0 amide bonds. The van der Waals surface area contributed by atoms with Crippen LogP contribution in [0.1, 0.15) is 5.56 Å². The lowest BCUT2D eigenvalue weighted by molar-refractivity contribution is 0.749. The maximum atomic E-state index is 6.14. The molecule has 0 aliphatic carbocycles. The van der Waals surface area contributed by atoms with Gasteiger partial charge in [0.15, 0.2) is 0 Å². The zero-order valence-corrected chi connectivity index (χ0v) is 11.6. The van der Waals surface area contributed by atoms with E-state index in [-0.39, 0.29) is 6.04 Å². The quantitative estimate of drug-likeness (QED) is 0.836. The number of thioether (sulfide) groups is 1. The highest BCUT2D eigenvalue weighted by Gasteiger charge is 2.07. The van der Waals surface area contributed by atoms with E-state index < -0.39 is 0 Å². The number of rotatable bonds is 5. The second-order valence-electron chi connectivity index (χ2n) is 4.18. The van der Waals surface area contributed by atoms with E-state index in [0.717, 1.165) is 22.8 Å². The molecule has 1 unspecified atom stereocenters. The molecule has 94 valence electrons. The molecule has 1 nitrogen and oxygen atoms in total. The number of hydrogen-bond acceptors (Lipinski definition) is 2. The maximum Gasteiger partial charge on any atom is 0.0438 e. The van der Waals surface area contributed by atoms with Gasteiger partial charge in [0.1, 0.15) is 0 Å². The Bertz CT molecular complexity index is 487. The van der Waals surface area contributed by atoms with E-state index in [1.54, 1.807) is 11.8 Å². The Balaban J connectivity index is 1.86. The molecule has 2 rings (SSSR count). The second kappa shape index (κ2) is 6.83. The van der Waals surface area contributed by atoms with Crippen LogP contribution in [0.2, 0.25) is 5.02 Å². The van der Waals surface area contributed by atoms with Gasteiger partial charge in [0.2, 0.25) is 0 Å². The summed E-state index contributed by atoms with van der Waals surface area (Å²) in [6.07, 6.45) is 0.819. The van der Waals surface area contributed by atoms with Gasteiger partial charge >= 0.3 is 0 Å². The van der Waals surface area contributed by atoms with Gasteiger partial charge < -0.3 is 5.73 Å². The smallest absolute Gasteiger partial charge is 0.0438 e. The summed E-state index contributed by atoms with van der Waals surface area (Å²) in [5, 5.41) is 0.803. The van der Waals surface area contributed by atoms with Crippen molar-refractivity contribution >= 4 is 23.4 Å². The van der Waals surface area contributed by atoms with Crippen LogP contribution in [-0.2, 0) is 6.42 Å². The van der Waals surface area contributed by atoms with Crippen LogP contribution >= 0.6 is 23.4 Å². The molecule has 3 heteroatoms. The SMILES string of the molecule is NC(CSc1ccccc1)Cc1ccccc1Cl. The molecule has 0 saturated carbocycles. The molecule has 0 heterocycles. The predicted octanol–water partition coefficient (Wildman–Crippen LogP) is 4.00. The molecule has 2 aromatic carbocycles. The van der Waals surface area contributed by atoms with E-state index in [1.807, 2.05) is 42.5 Å². The fraction of sp³-hybridized carbons (Fsp3) is 0.200. The summed E-state index contributed by atoms with van der Waals surface area (Å²) in [5.41, 5.74) is 7.27. The molecule has 0 aliphatic rings. The van der Waals surface area contributed by atoms with Crippen molar-refractivity contribution in [2.45, 2.75) is 17.4 Å². The third-order valence-corrected chi connectivity index (χ3v) is 4.22. The lowest BCUT2D eigenvalue weighted by atomic mass is 10.1. The van der Waals surface area contributed by atoms with Crippen molar-refractivity contribution in [2.75, 3.05) is 5.75 Å². The van der Waals surface area contributed by atoms with E-state index in [0.29, 0.717) is 0 Å². The molecule has 0 bridgehead atoms. The zero-order valence-electron chi connectivity index (χ0n) is 10.1. The fourth-order valence-corrected chi connectivity index (χ4v) is 2.81. The van der Waals surface area contributed by atoms with E-state index in [2.05, 4.69) is 12.1 Å². The highest BCUT2D eigenvalue weighted by atomic mass is 35.5. The van der Waals surface area contributed by atoms with Crippen molar-refractivity contribution in [2.24, 2.45) is 5.73 Å². The Labute approximate surface area is 117 Å². The van der Waals surface area contributed by atoms with Crippen LogP contribution in [-0.4, -0.2) is 11.8 Å². The first-order valence-corrected chi connectivity index (χ1v) is 7.29. The van der Waals surface area contributed by atoms with Crippen LogP contribution in [0.3, 0.4) is 0 Å². The second-order valence-corrected chi connectivity index (χ2v) is 5.68. The number of benzene rings is 2. The van der Waals surface area contributed by atoms with Crippen LogP contribution in [0.15, 0.2) is 59.5 Å². The molecule has 0 radical (unpaired) electrons. The highest BCUT2D eigenvalue weighted by molar-refractivity contribution is 7.99. The molecule has 0 fully saturated rings. The summed E-state index contributed by atoms with van der Waals surface area (Å²) < 4.78 is 0. The third-order valence-electron chi connectivity index (χ3n) is 2.65. The molecule has 2 N–H and O–H groups in total. The minimum atomic E-state index is 0.120. The van der Waals surface area contributed by atoms with Gasteiger partial charge in [-0.3, -0.25) is 0 Å². The van der Waals surface area contributed by atoms with E-state index >= 15 is 0 Å². The van der Waals surface area contributed by atoms with Crippen molar-refractivity contribution < 1.29 is 0 Å². The Hall–Kier alpha value is -0.960. The van der Waals surface area contributed by atoms with E-state index in [1.165, 1.54) is 4.90 Å². The van der Waals surface area contributed by atoms with Gasteiger partial charge in [0, 0.05) is 21.7 Å². The van der Waals surface area contributed by atoms with Crippen molar-refractivity contribution in [1.29, 1.82) is 0 Å². The van der Waals surface area contributed by atoms with Crippen LogP contribution in [0.5, 0.6) is 0 Å². The molecule has 0 aliphatic heterocycles. The topological polar surface area (TPSA) is 26.0 Å². The predicted molar refractivity (Wildman–Crippen MR) is 80.3 cm³/mol. The Kier molecular flexibility index (Phi) is 5.12. The lowest BCUT2D eigenvalue weighted by Gasteiger charge is -2.12. The summed E-state index contributed by atoms with van der Waals surface area (Å²) in [7, 11) is 0. The van der Waals surface area contributed by atoms with Gasteiger partial charge in [-0.25, -0.2) is 0 Å². The van der Waals surface area contributed by atoms with Crippen LogP contribution in [0, 0.1) is 0 Å². The van der Waals surface area contributed by atoms with E-state index in [4.69, 9.17) is 17.3 Å². The van der Waals surface area contributed by atoms with Gasteiger partial charge in [0.25, 0.3) is 0 Å². The van der Waals surface area contributed by atoms with Crippen molar-refractivity contribution in [3.63, 3.8) is 0 Å². The summed E-state index contributed by atoms with van der Waals surface area (Å²) in [4.78, 5) is 1.26. The van der Waals surface area contributed by atoms with Crippen LogP contribution < -0.4 is 5.73 Å². The normalized spacial score (nSPS) is 12.3. The fourth-order valence-electron chi connectivity index (χ4n) is 1.73. The third kappa shape index (κ3) is 4.05. The summed E-state index contributed by atoms with van der Waals surface area (Å²) in [6, 6.07) is 18.3. The van der Waals surface area contributed by atoms with Gasteiger partial charge in [-0.05, 0) is 30.2 Å². The monoisotopic (exact) mass is 277 g/mol. The molecule has 0 aromatic heterocycles. The van der Waals surface area contributed by atoms with Gasteiger partial charge in [0.05, 0.1) is 0 Å². The standard InChI is InChI=1S/C15H16ClNS/c16-15-9-5-4-6-12(15)10-13(17)11-18-14-7-2-1-3-8-14/h1-9,13H,10-11,17H2. The molecular formula is C15H16ClNS. The summed E-state index contributed by atoms with van der Waals surface area (Å²) in [5.74, 6) is 0.898. The Morgan fingerprint density at radius 2 is 1.67 bits per heavy atom. The van der Waals surface area contributed by atoms with Crippen LogP contribution in [0.25, 0.3) is 0 Å². The molecule has 2 aromatic rings. The first-order chi connectivity index (χ1) is 8.75. The van der Waals surface area contributed by atoms with Crippen molar-refractivity contribution in [3.8, 4) is 0 Å². The van der Waals surface area contributed by atoms with Crippen molar-refractivity contribution in [3.05, 3.63) is 65.2 Å². The summed E-state index contributed by atoms with van der Waals surface area (Å²) >= 11 is 7.91. The first kappa shape index (κ1) is 13.5. The molecule has 18 heavy (non-hydrogen) atoms. The number of halogens is 1. The van der Waals surface area contributed by atoms with Crippen LogP contribution in [0.4, 0.5) is 0 Å². The average molecular weight is 278 g/mol. The van der Waals surface area contributed by atoms with Crippen molar-refractivity contribution in [1.82, 2.24) is 0 Å². The zero-order chi connectivity index (χ0) is 12.8. The first-order valence-electron chi connectivity index (χ1n) is 5.92. The Morgan fingerprint density at radius 3 is 2.39 bits per heavy atom. The van der Waals surface area contributed by atoms with E-state index in [9.17, 15) is 0 Å². The summed E-state index contributed by atoms with van der Waals surface area (Å²) in [6.45, 7) is 0. The largest absolute Gasteiger partial charge is 0.327 e. The average Bonchev–Trinajstić information content (AvgIpc) is 2.40. The minimum Gasteiger partial charge on any atom is -0.327 e. The molecule has 0 spiro atoms. The lowest BCUT2D eigenvalue weighted by Crippen LogP contribution is -2.25. The van der Waals surface area contributed by atoms with Gasteiger partial charge in [-0.1, -0.05) is 48.0 Å². The maximum absolute atomic E-state index is 6.14. The molecule has 0 saturated heterocycles. The molecular weight excluding hydrogens is 262 g/mol. The number of hydrogen-bond donors (Lipinski definition) is 1. The van der Waals surface area contributed by atoms with Gasteiger partial charge in [-0.2, -0.15) is 0 Å². The molecule has 1 atom stereocenters. The number of nitrogens with two attached hydrogens (primary N) is 1. The minimum absolute atomic E-state index is 0.120.